The topological polar surface area (TPSA) is 20.2 Å². The summed E-state index contributed by atoms with van der Waals surface area (Å²) < 4.78 is 0. The summed E-state index contributed by atoms with van der Waals surface area (Å²) in [7, 11) is 0. The first-order valence-corrected chi connectivity index (χ1v) is 4.82. The monoisotopic (exact) mass is 244 g/mol. The number of aliphatic hydroxyl groups is 1. The fourth-order valence-electron chi connectivity index (χ4n) is 0.378. The SMILES string of the molecule is OCCC(CBr)CBr. The van der Waals surface area contributed by atoms with Crippen LogP contribution in [0.5, 0.6) is 0 Å². The van der Waals surface area contributed by atoms with Crippen LogP contribution in [0.1, 0.15) is 6.42 Å². The quantitative estimate of drug-likeness (QED) is 0.749. The van der Waals surface area contributed by atoms with Crippen LogP contribution in [0.2, 0.25) is 0 Å². The van der Waals surface area contributed by atoms with E-state index in [2.05, 4.69) is 31.9 Å². The van der Waals surface area contributed by atoms with Gasteiger partial charge in [-0.25, -0.2) is 0 Å². The largest absolute Gasteiger partial charge is 0.396 e. The van der Waals surface area contributed by atoms with Crippen molar-refractivity contribution in [3.63, 3.8) is 0 Å². The van der Waals surface area contributed by atoms with Gasteiger partial charge in [0.15, 0.2) is 0 Å². The van der Waals surface area contributed by atoms with Crippen molar-refractivity contribution < 1.29 is 5.11 Å². The normalized spacial score (nSPS) is 10.5. The number of alkyl halides is 2. The van der Waals surface area contributed by atoms with Crippen LogP contribution < -0.4 is 0 Å². The molecule has 0 saturated carbocycles. The van der Waals surface area contributed by atoms with Crippen molar-refractivity contribution >= 4 is 31.9 Å². The summed E-state index contributed by atoms with van der Waals surface area (Å²) in [6, 6.07) is 0. The van der Waals surface area contributed by atoms with Gasteiger partial charge in [0.25, 0.3) is 0 Å². The van der Waals surface area contributed by atoms with Crippen molar-refractivity contribution in [2.75, 3.05) is 17.3 Å². The summed E-state index contributed by atoms with van der Waals surface area (Å²) >= 11 is 6.67. The lowest BCUT2D eigenvalue weighted by molar-refractivity contribution is 0.270. The molecule has 0 aromatic rings. The molecule has 0 aliphatic rings. The minimum absolute atomic E-state index is 0.294. The maximum atomic E-state index is 8.46. The lowest BCUT2D eigenvalue weighted by atomic mass is 10.1. The zero-order chi connectivity index (χ0) is 6.41. The van der Waals surface area contributed by atoms with E-state index in [-0.39, 0.29) is 0 Å². The Morgan fingerprint density at radius 3 is 1.88 bits per heavy atom. The molecule has 0 aromatic heterocycles. The smallest absolute Gasteiger partial charge is 0.0434 e. The molecule has 0 heterocycles. The second-order valence-electron chi connectivity index (χ2n) is 1.69. The highest BCUT2D eigenvalue weighted by Crippen LogP contribution is 2.08. The van der Waals surface area contributed by atoms with E-state index in [1.807, 2.05) is 0 Å². The van der Waals surface area contributed by atoms with Crippen molar-refractivity contribution in [3.8, 4) is 0 Å². The van der Waals surface area contributed by atoms with E-state index in [0.29, 0.717) is 12.5 Å². The molecule has 0 aliphatic heterocycles. The third-order valence-corrected chi connectivity index (χ3v) is 2.81. The first kappa shape index (κ1) is 8.92. The zero-order valence-electron chi connectivity index (χ0n) is 4.61. The van der Waals surface area contributed by atoms with Crippen molar-refractivity contribution in [1.82, 2.24) is 0 Å². The minimum atomic E-state index is 0.294. The van der Waals surface area contributed by atoms with Gasteiger partial charge in [0.2, 0.25) is 0 Å². The van der Waals surface area contributed by atoms with Crippen LogP contribution >= 0.6 is 31.9 Å². The Kier molecular flexibility index (Phi) is 6.74. The summed E-state index contributed by atoms with van der Waals surface area (Å²) in [5.41, 5.74) is 0. The van der Waals surface area contributed by atoms with E-state index in [1.165, 1.54) is 0 Å². The van der Waals surface area contributed by atoms with Crippen molar-refractivity contribution in [2.24, 2.45) is 5.92 Å². The molecular weight excluding hydrogens is 236 g/mol. The van der Waals surface area contributed by atoms with E-state index in [1.54, 1.807) is 0 Å². The van der Waals surface area contributed by atoms with Crippen molar-refractivity contribution in [3.05, 3.63) is 0 Å². The molecule has 0 fully saturated rings. The highest BCUT2D eigenvalue weighted by Gasteiger charge is 2.01. The Morgan fingerprint density at radius 2 is 1.75 bits per heavy atom. The van der Waals surface area contributed by atoms with Crippen LogP contribution in [0.25, 0.3) is 0 Å². The predicted octanol–water partition coefficient (Wildman–Crippen LogP) is 1.77. The fourth-order valence-corrected chi connectivity index (χ4v) is 2.10. The molecule has 8 heavy (non-hydrogen) atoms. The highest BCUT2D eigenvalue weighted by atomic mass is 79.9. The van der Waals surface area contributed by atoms with Gasteiger partial charge in [0.1, 0.15) is 0 Å². The van der Waals surface area contributed by atoms with E-state index in [0.717, 1.165) is 17.1 Å². The molecule has 1 nitrogen and oxygen atoms in total. The van der Waals surface area contributed by atoms with Gasteiger partial charge in [-0.1, -0.05) is 31.9 Å². The molecule has 1 N–H and O–H groups in total. The van der Waals surface area contributed by atoms with Crippen LogP contribution in [0, 0.1) is 5.92 Å². The van der Waals surface area contributed by atoms with Gasteiger partial charge in [-0.15, -0.1) is 0 Å². The fraction of sp³-hybridized carbons (Fsp3) is 1.00. The second-order valence-corrected chi connectivity index (χ2v) is 2.98. The predicted molar refractivity (Wildman–Crippen MR) is 42.8 cm³/mol. The summed E-state index contributed by atoms with van der Waals surface area (Å²) in [5.74, 6) is 0.583. The molecule has 0 amide bonds. The number of aliphatic hydroxyl groups excluding tert-OH is 1. The Labute approximate surface area is 66.7 Å². The third kappa shape index (κ3) is 3.87. The first-order valence-electron chi connectivity index (χ1n) is 2.58. The molecule has 0 unspecified atom stereocenters. The number of halogens is 2. The molecule has 50 valence electrons. The Balaban J connectivity index is 3.07. The number of hydrogen-bond donors (Lipinski definition) is 1. The molecule has 0 saturated heterocycles. The van der Waals surface area contributed by atoms with Gasteiger partial charge in [0.05, 0.1) is 0 Å². The van der Waals surface area contributed by atoms with Crippen molar-refractivity contribution in [1.29, 1.82) is 0 Å². The van der Waals surface area contributed by atoms with Gasteiger partial charge in [-0.3, -0.25) is 0 Å². The Hall–Kier alpha value is 0.920. The summed E-state index contributed by atoms with van der Waals surface area (Å²) in [4.78, 5) is 0. The molecule has 0 rings (SSSR count). The highest BCUT2D eigenvalue weighted by molar-refractivity contribution is 9.09. The number of rotatable bonds is 4. The zero-order valence-corrected chi connectivity index (χ0v) is 7.78. The minimum Gasteiger partial charge on any atom is -0.396 e. The van der Waals surface area contributed by atoms with E-state index in [9.17, 15) is 0 Å². The first-order chi connectivity index (χ1) is 3.85. The van der Waals surface area contributed by atoms with Crippen LogP contribution in [-0.4, -0.2) is 22.4 Å². The van der Waals surface area contributed by atoms with Gasteiger partial charge >= 0.3 is 0 Å². The molecule has 0 spiro atoms. The number of hydrogen-bond acceptors (Lipinski definition) is 1. The summed E-state index contributed by atoms with van der Waals surface area (Å²) in [6.07, 6.45) is 0.885. The Morgan fingerprint density at radius 1 is 1.25 bits per heavy atom. The molecule has 0 atom stereocenters. The molecule has 0 bridgehead atoms. The van der Waals surface area contributed by atoms with Gasteiger partial charge in [-0.2, -0.15) is 0 Å². The average Bonchev–Trinajstić information content (AvgIpc) is 1.83. The molecular formula is C5H10Br2O. The van der Waals surface area contributed by atoms with Gasteiger partial charge < -0.3 is 5.11 Å². The molecule has 0 aliphatic carbocycles. The maximum absolute atomic E-state index is 8.46. The maximum Gasteiger partial charge on any atom is 0.0434 e. The van der Waals surface area contributed by atoms with Gasteiger partial charge in [0, 0.05) is 17.3 Å². The van der Waals surface area contributed by atoms with Gasteiger partial charge in [-0.05, 0) is 12.3 Å². The molecule has 0 aromatic carbocycles. The van der Waals surface area contributed by atoms with Crippen molar-refractivity contribution in [2.45, 2.75) is 6.42 Å². The third-order valence-electron chi connectivity index (χ3n) is 0.974. The average molecular weight is 246 g/mol. The summed E-state index contributed by atoms with van der Waals surface area (Å²) in [5, 5.41) is 10.4. The molecule has 3 heteroatoms. The van der Waals surface area contributed by atoms with E-state index >= 15 is 0 Å². The molecule has 0 radical (unpaired) electrons. The summed E-state index contributed by atoms with van der Waals surface area (Å²) in [6.45, 7) is 0.294. The lowest BCUT2D eigenvalue weighted by Crippen LogP contribution is -2.05. The van der Waals surface area contributed by atoms with E-state index < -0.39 is 0 Å². The Bertz CT molecular complexity index is 45.7. The van der Waals surface area contributed by atoms with Crippen LogP contribution in [0.3, 0.4) is 0 Å². The van der Waals surface area contributed by atoms with Crippen LogP contribution in [-0.2, 0) is 0 Å². The van der Waals surface area contributed by atoms with Crippen LogP contribution in [0.15, 0.2) is 0 Å². The second kappa shape index (κ2) is 6.05. The van der Waals surface area contributed by atoms with Crippen LogP contribution in [0.4, 0.5) is 0 Å². The standard InChI is InChI=1S/C5H10Br2O/c6-3-5(4-7)1-2-8/h5,8H,1-4H2. The lowest BCUT2D eigenvalue weighted by Gasteiger charge is -2.05. The van der Waals surface area contributed by atoms with E-state index in [4.69, 9.17) is 5.11 Å².